The van der Waals surface area contributed by atoms with Crippen LogP contribution in [-0.4, -0.2) is 42.4 Å². The Morgan fingerprint density at radius 2 is 1.76 bits per heavy atom. The van der Waals surface area contributed by atoms with Crippen molar-refractivity contribution in [3.8, 4) is 0 Å². The minimum absolute atomic E-state index is 0.0633. The molecular formula is C15H21F3N2O. The van der Waals surface area contributed by atoms with Crippen LogP contribution in [0.3, 0.4) is 0 Å². The number of amides is 1. The zero-order valence-corrected chi connectivity index (χ0v) is 12.7. The number of halogens is 3. The van der Waals surface area contributed by atoms with E-state index in [9.17, 15) is 18.0 Å². The van der Waals surface area contributed by atoms with E-state index in [1.54, 1.807) is 30.0 Å². The molecule has 0 bridgehead atoms. The lowest BCUT2D eigenvalue weighted by Crippen LogP contribution is -2.40. The van der Waals surface area contributed by atoms with Gasteiger partial charge in [-0.3, -0.25) is 9.69 Å². The van der Waals surface area contributed by atoms with Gasteiger partial charge in [0.05, 0.1) is 12.1 Å². The molecule has 6 heteroatoms. The molecule has 0 heterocycles. The lowest BCUT2D eigenvalue weighted by Gasteiger charge is -2.25. The van der Waals surface area contributed by atoms with Gasteiger partial charge in [0.15, 0.2) is 0 Å². The third kappa shape index (κ3) is 5.04. The number of benzene rings is 1. The molecular weight excluding hydrogens is 281 g/mol. The van der Waals surface area contributed by atoms with Crippen LogP contribution in [0, 0.1) is 0 Å². The molecule has 118 valence electrons. The molecule has 0 aromatic heterocycles. The highest BCUT2D eigenvalue weighted by Crippen LogP contribution is 2.32. The average Bonchev–Trinajstić information content (AvgIpc) is 2.36. The van der Waals surface area contributed by atoms with Crippen molar-refractivity contribution in [2.75, 3.05) is 20.6 Å². The Labute approximate surface area is 123 Å². The van der Waals surface area contributed by atoms with E-state index in [1.165, 1.54) is 12.1 Å². The molecule has 3 nitrogen and oxygen atoms in total. The Hall–Kier alpha value is -1.56. The SMILES string of the molecule is CC(C)N(C)C(=O)CN(C)Cc1ccccc1C(F)(F)F. The number of hydrogen-bond donors (Lipinski definition) is 0. The van der Waals surface area contributed by atoms with Gasteiger partial charge in [0.2, 0.25) is 5.91 Å². The number of hydrogen-bond acceptors (Lipinski definition) is 2. The first-order valence-electron chi connectivity index (χ1n) is 6.72. The van der Waals surface area contributed by atoms with Crippen molar-refractivity contribution in [2.24, 2.45) is 0 Å². The summed E-state index contributed by atoms with van der Waals surface area (Å²) in [6.45, 7) is 3.93. The van der Waals surface area contributed by atoms with Crippen LogP contribution >= 0.6 is 0 Å². The molecule has 0 saturated heterocycles. The summed E-state index contributed by atoms with van der Waals surface area (Å²) in [7, 11) is 3.32. The van der Waals surface area contributed by atoms with Gasteiger partial charge in [-0.25, -0.2) is 0 Å². The highest BCUT2D eigenvalue weighted by molar-refractivity contribution is 5.78. The van der Waals surface area contributed by atoms with Crippen LogP contribution in [0.1, 0.15) is 25.0 Å². The van der Waals surface area contributed by atoms with Gasteiger partial charge in [-0.05, 0) is 32.5 Å². The van der Waals surface area contributed by atoms with Gasteiger partial charge in [-0.1, -0.05) is 18.2 Å². The van der Waals surface area contributed by atoms with E-state index in [0.29, 0.717) is 0 Å². The second-order valence-corrected chi connectivity index (χ2v) is 5.43. The molecule has 0 unspecified atom stereocenters. The monoisotopic (exact) mass is 302 g/mol. The average molecular weight is 302 g/mol. The predicted octanol–water partition coefficient (Wildman–Crippen LogP) is 3.00. The normalized spacial score (nSPS) is 12.0. The number of alkyl halides is 3. The summed E-state index contributed by atoms with van der Waals surface area (Å²) in [5.74, 6) is -0.114. The molecule has 1 aromatic carbocycles. The first kappa shape index (κ1) is 17.5. The molecule has 0 aliphatic heterocycles. The van der Waals surface area contributed by atoms with Crippen molar-refractivity contribution < 1.29 is 18.0 Å². The predicted molar refractivity (Wildman–Crippen MR) is 75.7 cm³/mol. The summed E-state index contributed by atoms with van der Waals surface area (Å²) >= 11 is 0. The summed E-state index contributed by atoms with van der Waals surface area (Å²) in [6, 6.07) is 5.50. The maximum atomic E-state index is 12.9. The molecule has 0 radical (unpaired) electrons. The molecule has 0 atom stereocenters. The fourth-order valence-electron chi connectivity index (χ4n) is 1.91. The fourth-order valence-corrected chi connectivity index (χ4v) is 1.91. The van der Waals surface area contributed by atoms with Crippen LogP contribution in [-0.2, 0) is 17.5 Å². The highest BCUT2D eigenvalue weighted by atomic mass is 19.4. The van der Waals surface area contributed by atoms with Crippen LogP contribution in [0.25, 0.3) is 0 Å². The molecule has 0 aliphatic carbocycles. The van der Waals surface area contributed by atoms with E-state index >= 15 is 0 Å². The van der Waals surface area contributed by atoms with Crippen LogP contribution in [0.2, 0.25) is 0 Å². The van der Waals surface area contributed by atoms with Gasteiger partial charge in [0.1, 0.15) is 0 Å². The second kappa shape index (κ2) is 6.93. The molecule has 21 heavy (non-hydrogen) atoms. The summed E-state index contributed by atoms with van der Waals surface area (Å²) in [5, 5.41) is 0. The molecule has 0 N–H and O–H groups in total. The topological polar surface area (TPSA) is 23.6 Å². The molecule has 1 rings (SSSR count). The molecule has 0 spiro atoms. The van der Waals surface area contributed by atoms with Gasteiger partial charge in [0, 0.05) is 19.6 Å². The number of rotatable bonds is 5. The van der Waals surface area contributed by atoms with E-state index in [4.69, 9.17) is 0 Å². The second-order valence-electron chi connectivity index (χ2n) is 5.43. The number of carbonyl (C=O) groups is 1. The van der Waals surface area contributed by atoms with E-state index in [-0.39, 0.29) is 30.6 Å². The maximum absolute atomic E-state index is 12.9. The summed E-state index contributed by atoms with van der Waals surface area (Å²) in [5.41, 5.74) is -0.478. The molecule has 1 aromatic rings. The largest absolute Gasteiger partial charge is 0.416 e. The Kier molecular flexibility index (Phi) is 5.78. The van der Waals surface area contributed by atoms with Crippen molar-refractivity contribution in [1.82, 2.24) is 9.80 Å². The van der Waals surface area contributed by atoms with Crippen molar-refractivity contribution in [3.05, 3.63) is 35.4 Å². The zero-order valence-electron chi connectivity index (χ0n) is 12.7. The van der Waals surface area contributed by atoms with Crippen molar-refractivity contribution in [2.45, 2.75) is 32.6 Å². The minimum Gasteiger partial charge on any atom is -0.342 e. The van der Waals surface area contributed by atoms with Crippen molar-refractivity contribution in [3.63, 3.8) is 0 Å². The molecule has 0 fully saturated rings. The standard InChI is InChI=1S/C15H21F3N2O/c1-11(2)20(4)14(21)10-19(3)9-12-7-5-6-8-13(12)15(16,17)18/h5-8,11H,9-10H2,1-4H3. The van der Waals surface area contributed by atoms with Crippen LogP contribution in [0.15, 0.2) is 24.3 Å². The maximum Gasteiger partial charge on any atom is 0.416 e. The molecule has 0 saturated carbocycles. The first-order chi connectivity index (χ1) is 9.62. The van der Waals surface area contributed by atoms with Gasteiger partial charge in [-0.2, -0.15) is 13.2 Å². The smallest absolute Gasteiger partial charge is 0.342 e. The summed E-state index contributed by atoms with van der Waals surface area (Å²) in [4.78, 5) is 15.1. The van der Waals surface area contributed by atoms with Gasteiger partial charge < -0.3 is 4.90 Å². The third-order valence-electron chi connectivity index (χ3n) is 3.34. The minimum atomic E-state index is -4.38. The first-order valence-corrected chi connectivity index (χ1v) is 6.72. The highest BCUT2D eigenvalue weighted by Gasteiger charge is 2.33. The Balaban J connectivity index is 2.76. The van der Waals surface area contributed by atoms with E-state index in [2.05, 4.69) is 0 Å². The lowest BCUT2D eigenvalue weighted by atomic mass is 10.1. The zero-order chi connectivity index (χ0) is 16.2. The van der Waals surface area contributed by atoms with Gasteiger partial charge in [0.25, 0.3) is 0 Å². The van der Waals surface area contributed by atoms with Crippen LogP contribution in [0.4, 0.5) is 13.2 Å². The van der Waals surface area contributed by atoms with Crippen molar-refractivity contribution >= 4 is 5.91 Å². The van der Waals surface area contributed by atoms with E-state index in [1.807, 2.05) is 13.8 Å². The number of likely N-dealkylation sites (N-methyl/N-ethyl adjacent to an activating group) is 2. The summed E-state index contributed by atoms with van der Waals surface area (Å²) in [6.07, 6.45) is -4.38. The van der Waals surface area contributed by atoms with E-state index < -0.39 is 11.7 Å². The van der Waals surface area contributed by atoms with Gasteiger partial charge in [-0.15, -0.1) is 0 Å². The van der Waals surface area contributed by atoms with E-state index in [0.717, 1.165) is 6.07 Å². The van der Waals surface area contributed by atoms with Crippen LogP contribution < -0.4 is 0 Å². The number of carbonyl (C=O) groups excluding carboxylic acids is 1. The van der Waals surface area contributed by atoms with Gasteiger partial charge >= 0.3 is 6.18 Å². The lowest BCUT2D eigenvalue weighted by molar-refractivity contribution is -0.138. The fraction of sp³-hybridized carbons (Fsp3) is 0.533. The summed E-state index contributed by atoms with van der Waals surface area (Å²) < 4.78 is 38.7. The Bertz CT molecular complexity index is 486. The molecule has 1 amide bonds. The Morgan fingerprint density at radius 3 is 2.29 bits per heavy atom. The molecule has 0 aliphatic rings. The number of nitrogens with zero attached hydrogens (tertiary/aromatic N) is 2. The Morgan fingerprint density at radius 1 is 1.19 bits per heavy atom. The van der Waals surface area contributed by atoms with Crippen LogP contribution in [0.5, 0.6) is 0 Å². The third-order valence-corrected chi connectivity index (χ3v) is 3.34. The quantitative estimate of drug-likeness (QED) is 0.835. The van der Waals surface area contributed by atoms with Crippen molar-refractivity contribution in [1.29, 1.82) is 0 Å².